The van der Waals surface area contributed by atoms with Crippen molar-refractivity contribution in [1.29, 1.82) is 0 Å². The predicted molar refractivity (Wildman–Crippen MR) is 129 cm³/mol. The standard InChI is InChI=1S/C25H31FN4O5/c1-16(31)27-23(14-17-12-21(34-2)15-22(13-17)35-3)24(32)28-20-8-10-30(11-9-20)25(33)29-19-6-4-18(26)5-7-19/h4-7,12-13,15,20,23H,8-11,14H2,1-3H3,(H,27,31)(H,28,32)(H,29,33)/t23-/m1/s1. The fourth-order valence-electron chi connectivity index (χ4n) is 3.94. The smallest absolute Gasteiger partial charge is 0.321 e. The number of carbonyl (C=O) groups excluding carboxylic acids is 3. The van der Waals surface area contributed by atoms with Crippen LogP contribution in [-0.2, 0) is 16.0 Å². The maximum absolute atomic E-state index is 13.1. The van der Waals surface area contributed by atoms with Gasteiger partial charge < -0.3 is 30.3 Å². The van der Waals surface area contributed by atoms with Crippen LogP contribution in [0.1, 0.15) is 25.3 Å². The van der Waals surface area contributed by atoms with Gasteiger partial charge in [-0.15, -0.1) is 0 Å². The highest BCUT2D eigenvalue weighted by atomic mass is 19.1. The Morgan fingerprint density at radius 1 is 1.03 bits per heavy atom. The average molecular weight is 487 g/mol. The van der Waals surface area contributed by atoms with Crippen molar-refractivity contribution in [2.45, 2.75) is 38.3 Å². The van der Waals surface area contributed by atoms with Crippen molar-refractivity contribution in [3.8, 4) is 11.5 Å². The summed E-state index contributed by atoms with van der Waals surface area (Å²) in [5, 5.41) is 8.46. The number of carbonyl (C=O) groups is 3. The van der Waals surface area contributed by atoms with Gasteiger partial charge in [-0.2, -0.15) is 0 Å². The molecule has 3 N–H and O–H groups in total. The quantitative estimate of drug-likeness (QED) is 0.532. The number of piperidine rings is 1. The summed E-state index contributed by atoms with van der Waals surface area (Å²) in [4.78, 5) is 38.9. The second-order valence-electron chi connectivity index (χ2n) is 8.39. The number of methoxy groups -OCH3 is 2. The van der Waals surface area contributed by atoms with E-state index in [-0.39, 0.29) is 36.1 Å². The molecule has 9 nitrogen and oxygen atoms in total. The van der Waals surface area contributed by atoms with Crippen molar-refractivity contribution in [1.82, 2.24) is 15.5 Å². The number of hydrogen-bond donors (Lipinski definition) is 3. The van der Waals surface area contributed by atoms with Crippen molar-refractivity contribution in [2.75, 3.05) is 32.6 Å². The largest absolute Gasteiger partial charge is 0.497 e. The summed E-state index contributed by atoms with van der Waals surface area (Å²) in [6.07, 6.45) is 1.41. The van der Waals surface area contributed by atoms with Crippen LogP contribution < -0.4 is 25.4 Å². The molecule has 0 radical (unpaired) electrons. The van der Waals surface area contributed by atoms with E-state index in [2.05, 4.69) is 16.0 Å². The van der Waals surface area contributed by atoms with Crippen molar-refractivity contribution >= 4 is 23.5 Å². The van der Waals surface area contributed by atoms with Crippen molar-refractivity contribution in [3.63, 3.8) is 0 Å². The number of rotatable bonds is 8. The fraction of sp³-hybridized carbons (Fsp3) is 0.400. The molecule has 1 fully saturated rings. The van der Waals surface area contributed by atoms with Crippen LogP contribution >= 0.6 is 0 Å². The first-order valence-corrected chi connectivity index (χ1v) is 11.4. The molecule has 10 heteroatoms. The van der Waals surface area contributed by atoms with Crippen molar-refractivity contribution in [2.24, 2.45) is 0 Å². The molecule has 1 atom stereocenters. The summed E-state index contributed by atoms with van der Waals surface area (Å²) >= 11 is 0. The Morgan fingerprint density at radius 3 is 2.17 bits per heavy atom. The molecule has 1 heterocycles. The van der Waals surface area contributed by atoms with Gasteiger partial charge in [0.05, 0.1) is 14.2 Å². The Bertz CT molecular complexity index is 1020. The van der Waals surface area contributed by atoms with Gasteiger partial charge in [0.1, 0.15) is 23.4 Å². The Morgan fingerprint density at radius 2 is 1.63 bits per heavy atom. The fourth-order valence-corrected chi connectivity index (χ4v) is 3.94. The molecular formula is C25H31FN4O5. The van der Waals surface area contributed by atoms with E-state index in [1.807, 2.05) is 0 Å². The van der Waals surface area contributed by atoms with Crippen LogP contribution in [0.2, 0.25) is 0 Å². The SMILES string of the molecule is COc1cc(C[C@@H](NC(C)=O)C(=O)NC2CCN(C(=O)Nc3ccc(F)cc3)CC2)cc(OC)c1. The molecule has 3 rings (SSSR count). The first kappa shape index (κ1) is 25.8. The van der Waals surface area contributed by atoms with Crippen LogP contribution in [0.15, 0.2) is 42.5 Å². The number of nitrogens with zero attached hydrogens (tertiary/aromatic N) is 1. The molecule has 0 aliphatic carbocycles. The van der Waals surface area contributed by atoms with E-state index in [0.29, 0.717) is 43.1 Å². The van der Waals surface area contributed by atoms with Crippen LogP contribution in [0.25, 0.3) is 0 Å². The van der Waals surface area contributed by atoms with E-state index >= 15 is 0 Å². The maximum atomic E-state index is 13.1. The van der Waals surface area contributed by atoms with E-state index < -0.39 is 6.04 Å². The third-order valence-electron chi connectivity index (χ3n) is 5.77. The highest BCUT2D eigenvalue weighted by Crippen LogP contribution is 2.23. The lowest BCUT2D eigenvalue weighted by atomic mass is 10.0. The third-order valence-corrected chi connectivity index (χ3v) is 5.77. The Hall–Kier alpha value is -3.82. The topological polar surface area (TPSA) is 109 Å². The monoisotopic (exact) mass is 486 g/mol. The first-order chi connectivity index (χ1) is 16.8. The molecule has 1 aliphatic rings. The maximum Gasteiger partial charge on any atom is 0.321 e. The zero-order valence-corrected chi connectivity index (χ0v) is 20.1. The molecule has 0 saturated carbocycles. The highest BCUT2D eigenvalue weighted by molar-refractivity contribution is 5.89. The van der Waals surface area contributed by atoms with Crippen LogP contribution in [0.3, 0.4) is 0 Å². The van der Waals surface area contributed by atoms with Crippen molar-refractivity contribution < 1.29 is 28.2 Å². The van der Waals surface area contributed by atoms with Gasteiger partial charge in [-0.25, -0.2) is 9.18 Å². The number of anilines is 1. The predicted octanol–water partition coefficient (Wildman–Crippen LogP) is 2.70. The Balaban J connectivity index is 1.56. The van der Waals surface area contributed by atoms with Gasteiger partial charge in [0.25, 0.3) is 0 Å². The third kappa shape index (κ3) is 7.59. The summed E-state index contributed by atoms with van der Waals surface area (Å²) in [7, 11) is 3.09. The normalized spacial score (nSPS) is 14.6. The minimum Gasteiger partial charge on any atom is -0.497 e. The number of halogens is 1. The van der Waals surface area contributed by atoms with Crippen LogP contribution in [0, 0.1) is 5.82 Å². The minimum absolute atomic E-state index is 0.131. The summed E-state index contributed by atoms with van der Waals surface area (Å²) in [5.74, 6) is 0.200. The number of nitrogens with one attached hydrogen (secondary N) is 3. The van der Waals surface area contributed by atoms with Gasteiger partial charge in [0, 0.05) is 44.2 Å². The molecule has 0 unspecified atom stereocenters. The molecule has 188 valence electrons. The van der Waals surface area contributed by atoms with E-state index in [9.17, 15) is 18.8 Å². The number of likely N-dealkylation sites (tertiary alicyclic amines) is 1. The summed E-state index contributed by atoms with van der Waals surface area (Å²) in [6.45, 7) is 2.27. The van der Waals surface area contributed by atoms with Crippen LogP contribution in [0.5, 0.6) is 11.5 Å². The number of urea groups is 1. The number of amides is 4. The molecular weight excluding hydrogens is 455 g/mol. The molecule has 2 aromatic rings. The van der Waals surface area contributed by atoms with Crippen LogP contribution in [0.4, 0.5) is 14.9 Å². The van der Waals surface area contributed by atoms with Crippen LogP contribution in [-0.4, -0.2) is 62.1 Å². The molecule has 1 aliphatic heterocycles. The molecule has 1 saturated heterocycles. The molecule has 0 bridgehead atoms. The number of benzene rings is 2. The van der Waals surface area contributed by atoms with E-state index in [0.717, 1.165) is 5.56 Å². The zero-order chi connectivity index (χ0) is 25.4. The molecule has 2 aromatic carbocycles. The summed E-state index contributed by atoms with van der Waals surface area (Å²) < 4.78 is 23.6. The number of hydrogen-bond acceptors (Lipinski definition) is 5. The van der Waals surface area contributed by atoms with Crippen molar-refractivity contribution in [3.05, 3.63) is 53.8 Å². The van der Waals surface area contributed by atoms with E-state index in [4.69, 9.17) is 9.47 Å². The highest BCUT2D eigenvalue weighted by Gasteiger charge is 2.27. The van der Waals surface area contributed by atoms with E-state index in [1.165, 1.54) is 31.2 Å². The second kappa shape index (κ2) is 12.0. The molecule has 4 amide bonds. The van der Waals surface area contributed by atoms with Gasteiger partial charge in [-0.1, -0.05) is 0 Å². The van der Waals surface area contributed by atoms with Gasteiger partial charge >= 0.3 is 6.03 Å². The first-order valence-electron chi connectivity index (χ1n) is 11.4. The Kier molecular flexibility index (Phi) is 8.88. The average Bonchev–Trinajstić information content (AvgIpc) is 2.84. The summed E-state index contributed by atoms with van der Waals surface area (Å²) in [6, 6.07) is 9.71. The molecule has 0 spiro atoms. The lowest BCUT2D eigenvalue weighted by Crippen LogP contribution is -2.53. The zero-order valence-electron chi connectivity index (χ0n) is 20.1. The Labute approximate surface area is 204 Å². The van der Waals surface area contributed by atoms with Gasteiger partial charge in [0.15, 0.2) is 0 Å². The van der Waals surface area contributed by atoms with Gasteiger partial charge in [-0.3, -0.25) is 9.59 Å². The van der Waals surface area contributed by atoms with Gasteiger partial charge in [0.2, 0.25) is 11.8 Å². The molecule has 35 heavy (non-hydrogen) atoms. The van der Waals surface area contributed by atoms with Gasteiger partial charge in [-0.05, 0) is 54.8 Å². The van der Waals surface area contributed by atoms with E-state index in [1.54, 1.807) is 37.3 Å². The minimum atomic E-state index is -0.774. The molecule has 0 aromatic heterocycles. The second-order valence-corrected chi connectivity index (χ2v) is 8.39. The summed E-state index contributed by atoms with van der Waals surface area (Å²) in [5.41, 5.74) is 1.29. The lowest BCUT2D eigenvalue weighted by Gasteiger charge is -2.33. The number of ether oxygens (including phenoxy) is 2. The lowest BCUT2D eigenvalue weighted by molar-refractivity contribution is -0.128.